The van der Waals surface area contributed by atoms with Gasteiger partial charge in [-0.3, -0.25) is 49.0 Å². The highest BCUT2D eigenvalue weighted by Gasteiger charge is 2.38. The number of benzene rings is 2. The zero-order valence-corrected chi connectivity index (χ0v) is 42.1. The fraction of sp³-hybridized carbons (Fsp3) is 0.600. The van der Waals surface area contributed by atoms with Crippen molar-refractivity contribution < 1.29 is 67.5 Å². The lowest BCUT2D eigenvalue weighted by Crippen LogP contribution is -2.54. The number of ether oxygens (including phenoxy) is 4. The highest BCUT2D eigenvalue weighted by Crippen LogP contribution is 2.20. The van der Waals surface area contributed by atoms with E-state index in [0.29, 0.717) is 77.7 Å². The molecule has 400 valence electrons. The average Bonchev–Trinajstić information content (AvgIpc) is 4.09. The molecule has 4 rings (SSSR count). The van der Waals surface area contributed by atoms with E-state index >= 15 is 0 Å². The summed E-state index contributed by atoms with van der Waals surface area (Å²) in [5, 5.41) is 35.6. The van der Waals surface area contributed by atoms with Crippen molar-refractivity contribution in [3.05, 3.63) is 71.8 Å². The molecule has 6 atom stereocenters. The second kappa shape index (κ2) is 34.3. The normalized spacial score (nSPS) is 16.8. The van der Waals surface area contributed by atoms with Gasteiger partial charge in [-0.15, -0.1) is 0 Å². The van der Waals surface area contributed by atoms with Crippen LogP contribution in [0.25, 0.3) is 0 Å². The maximum Gasteiger partial charge on any atom is 0.320 e. The standard InChI is InChI=1S/2C25H38N4O7/c2*1-18(28-20(25(33)34)11-10-19-7-4-3-5-8-19)24(32)29-13-6-9-21(29)23(31)27-12-14-35-15-16-36-17-22(30)26-2/h2*3-5,7-8,18,20-21,28H,6,9-17H2,1-2H3,(H,26,30)(H,27,31)(H,33,34). The summed E-state index contributed by atoms with van der Waals surface area (Å²) >= 11 is 0. The van der Waals surface area contributed by atoms with Crippen LogP contribution in [0.4, 0.5) is 0 Å². The highest BCUT2D eigenvalue weighted by molar-refractivity contribution is 5.91. The molecule has 22 heteroatoms. The number of aryl methyl sites for hydroxylation is 2. The van der Waals surface area contributed by atoms with Crippen molar-refractivity contribution in [2.24, 2.45) is 0 Å². The fourth-order valence-electron chi connectivity index (χ4n) is 7.96. The van der Waals surface area contributed by atoms with E-state index in [2.05, 4.69) is 31.9 Å². The van der Waals surface area contributed by atoms with Gasteiger partial charge in [-0.1, -0.05) is 60.7 Å². The first-order chi connectivity index (χ1) is 34.7. The molecule has 2 aliphatic rings. The van der Waals surface area contributed by atoms with Crippen LogP contribution in [-0.2, 0) is 70.1 Å². The molecule has 6 amide bonds. The van der Waals surface area contributed by atoms with Crippen LogP contribution >= 0.6 is 0 Å². The van der Waals surface area contributed by atoms with E-state index in [9.17, 15) is 48.6 Å². The first kappa shape index (κ1) is 60.3. The Kier molecular flexibility index (Phi) is 28.7. The largest absolute Gasteiger partial charge is 0.480 e. The molecule has 22 nitrogen and oxygen atoms in total. The zero-order valence-electron chi connectivity index (χ0n) is 42.1. The molecule has 0 saturated carbocycles. The number of nitrogens with zero attached hydrogens (tertiary/aromatic N) is 2. The molecule has 2 aromatic rings. The summed E-state index contributed by atoms with van der Waals surface area (Å²) in [6, 6.07) is 14.7. The maximum atomic E-state index is 13.1. The first-order valence-corrected chi connectivity index (χ1v) is 24.6. The fourth-order valence-corrected chi connectivity index (χ4v) is 7.96. The number of nitrogens with one attached hydrogen (secondary N) is 6. The van der Waals surface area contributed by atoms with Crippen LogP contribution in [0.1, 0.15) is 63.5 Å². The number of carboxylic acids is 2. The van der Waals surface area contributed by atoms with Crippen LogP contribution in [-0.4, -0.2) is 197 Å². The van der Waals surface area contributed by atoms with E-state index < -0.39 is 48.2 Å². The van der Waals surface area contributed by atoms with Crippen LogP contribution < -0.4 is 31.9 Å². The first-order valence-electron chi connectivity index (χ1n) is 24.6. The van der Waals surface area contributed by atoms with Crippen molar-refractivity contribution in [3.63, 3.8) is 0 Å². The molecule has 8 N–H and O–H groups in total. The van der Waals surface area contributed by atoms with Gasteiger partial charge in [0.25, 0.3) is 0 Å². The van der Waals surface area contributed by atoms with E-state index in [4.69, 9.17) is 18.9 Å². The zero-order chi connectivity index (χ0) is 52.7. The molecule has 0 aromatic heterocycles. The summed E-state index contributed by atoms with van der Waals surface area (Å²) < 4.78 is 21.0. The number of carbonyl (C=O) groups excluding carboxylic acids is 6. The van der Waals surface area contributed by atoms with Gasteiger partial charge in [-0.05, 0) is 76.3 Å². The number of amides is 6. The lowest BCUT2D eigenvalue weighted by molar-refractivity contribution is -0.143. The van der Waals surface area contributed by atoms with Crippen molar-refractivity contribution in [1.82, 2.24) is 41.7 Å². The molecule has 0 spiro atoms. The van der Waals surface area contributed by atoms with E-state index in [0.717, 1.165) is 11.1 Å². The van der Waals surface area contributed by atoms with Crippen LogP contribution in [0.15, 0.2) is 60.7 Å². The number of likely N-dealkylation sites (tertiary alicyclic amines) is 2. The van der Waals surface area contributed by atoms with Crippen molar-refractivity contribution >= 4 is 47.4 Å². The molecule has 2 saturated heterocycles. The smallest absolute Gasteiger partial charge is 0.320 e. The summed E-state index contributed by atoms with van der Waals surface area (Å²) in [5.41, 5.74) is 2.06. The van der Waals surface area contributed by atoms with E-state index in [-0.39, 0.29) is 88.2 Å². The number of rotatable bonds is 32. The minimum atomic E-state index is -1.01. The van der Waals surface area contributed by atoms with Crippen LogP contribution in [0, 0.1) is 0 Å². The predicted octanol–water partition coefficient (Wildman–Crippen LogP) is -0.126. The monoisotopic (exact) mass is 1010 g/mol. The Morgan fingerprint density at radius 3 is 1.26 bits per heavy atom. The summed E-state index contributed by atoms with van der Waals surface area (Å²) in [6.07, 6.45) is 4.34. The summed E-state index contributed by atoms with van der Waals surface area (Å²) in [4.78, 5) is 100. The molecule has 0 bridgehead atoms. The van der Waals surface area contributed by atoms with Gasteiger partial charge in [0.2, 0.25) is 35.4 Å². The third-order valence-corrected chi connectivity index (χ3v) is 11.9. The number of hydrogen-bond acceptors (Lipinski definition) is 14. The van der Waals surface area contributed by atoms with E-state index in [1.54, 1.807) is 13.8 Å². The Bertz CT molecular complexity index is 1840. The SMILES string of the molecule is CNC(=O)COCCOCCNC(=O)C1CCCN1C(=O)C(C)NC(CCc1ccccc1)C(=O)O.CNC(=O)COCCOCCNC(=O)C1CCCN1C(=O)C(C)NC(CCc1ccccc1)C(=O)O. The van der Waals surface area contributed by atoms with Crippen molar-refractivity contribution in [2.75, 3.05) is 93.1 Å². The van der Waals surface area contributed by atoms with E-state index in [1.165, 1.54) is 23.9 Å². The van der Waals surface area contributed by atoms with Gasteiger partial charge in [-0.25, -0.2) is 0 Å². The summed E-state index contributed by atoms with van der Waals surface area (Å²) in [7, 11) is 3.06. The third kappa shape index (κ3) is 22.6. The number of aliphatic carboxylic acids is 2. The molecular weight excluding hydrogens is 937 g/mol. The lowest BCUT2D eigenvalue weighted by Gasteiger charge is -2.28. The molecule has 2 fully saturated rings. The quantitative estimate of drug-likeness (QED) is 0.0443. The van der Waals surface area contributed by atoms with Gasteiger partial charge < -0.3 is 60.2 Å². The van der Waals surface area contributed by atoms with Crippen molar-refractivity contribution in [3.8, 4) is 0 Å². The van der Waals surface area contributed by atoms with Gasteiger partial charge in [0.1, 0.15) is 37.4 Å². The Morgan fingerprint density at radius 2 is 0.917 bits per heavy atom. The minimum absolute atomic E-state index is 0.0321. The Balaban J connectivity index is 0.000000380. The molecule has 2 aliphatic heterocycles. The Morgan fingerprint density at radius 1 is 0.556 bits per heavy atom. The average molecular weight is 1010 g/mol. The Labute approximate surface area is 422 Å². The van der Waals surface area contributed by atoms with Gasteiger partial charge in [0.15, 0.2) is 0 Å². The number of likely N-dealkylation sites (N-methyl/N-ethyl adjacent to an activating group) is 2. The minimum Gasteiger partial charge on any atom is -0.480 e. The van der Waals surface area contributed by atoms with Gasteiger partial charge in [0, 0.05) is 40.3 Å². The Hall–Kier alpha value is -6.04. The number of carboxylic acid groups (broad SMARTS) is 2. The number of hydrogen-bond donors (Lipinski definition) is 8. The molecule has 72 heavy (non-hydrogen) atoms. The molecule has 0 aliphatic carbocycles. The predicted molar refractivity (Wildman–Crippen MR) is 264 cm³/mol. The van der Waals surface area contributed by atoms with Gasteiger partial charge in [-0.2, -0.15) is 0 Å². The van der Waals surface area contributed by atoms with E-state index in [1.807, 2.05) is 60.7 Å². The van der Waals surface area contributed by atoms with Crippen molar-refractivity contribution in [2.45, 2.75) is 101 Å². The van der Waals surface area contributed by atoms with Crippen LogP contribution in [0.3, 0.4) is 0 Å². The van der Waals surface area contributed by atoms with Gasteiger partial charge in [0.05, 0.1) is 51.7 Å². The number of carbonyl (C=O) groups is 8. The molecule has 2 aromatic carbocycles. The maximum absolute atomic E-state index is 13.1. The van der Waals surface area contributed by atoms with Gasteiger partial charge >= 0.3 is 11.9 Å². The highest BCUT2D eigenvalue weighted by atomic mass is 16.5. The van der Waals surface area contributed by atoms with Crippen LogP contribution in [0.2, 0.25) is 0 Å². The third-order valence-electron chi connectivity index (χ3n) is 11.9. The lowest BCUT2D eigenvalue weighted by atomic mass is 10.0. The molecule has 6 unspecified atom stereocenters. The van der Waals surface area contributed by atoms with Crippen molar-refractivity contribution in [1.29, 1.82) is 0 Å². The van der Waals surface area contributed by atoms with Crippen LogP contribution in [0.5, 0.6) is 0 Å². The molecule has 0 radical (unpaired) electrons. The molecule has 2 heterocycles. The summed E-state index contributed by atoms with van der Waals surface area (Å²) in [5.74, 6) is -3.55. The topological polar surface area (TPSA) is 293 Å². The second-order valence-electron chi connectivity index (χ2n) is 17.2. The molecular formula is C50H76N8O14. The second-order valence-corrected chi connectivity index (χ2v) is 17.2. The summed E-state index contributed by atoms with van der Waals surface area (Å²) in [6.45, 7) is 6.31.